The first-order valence-corrected chi connectivity index (χ1v) is 10.1. The molecule has 4 heterocycles. The number of aromatic nitrogens is 4. The van der Waals surface area contributed by atoms with Crippen LogP contribution < -0.4 is 5.73 Å². The standard InChI is InChI=1S/C12H7N3O3.C12H9N3O/c16-15(17)9-3-1-2-8(6-9)12-14-10-4-5-13-7-11(10)18-12;13-9-3-1-2-8(6-9)12-15-10-4-5-14-7-11(10)16-12/h1-7H;1-7H,13H2. The zero-order valence-corrected chi connectivity index (χ0v) is 17.5. The van der Waals surface area contributed by atoms with Crippen LogP contribution in [0.15, 0.2) is 94.3 Å². The van der Waals surface area contributed by atoms with E-state index < -0.39 is 4.92 Å². The van der Waals surface area contributed by atoms with E-state index in [0.717, 1.165) is 11.1 Å². The Morgan fingerprint density at radius 3 is 1.85 bits per heavy atom. The second kappa shape index (κ2) is 8.79. The van der Waals surface area contributed by atoms with E-state index in [1.165, 1.54) is 12.1 Å². The molecule has 34 heavy (non-hydrogen) atoms. The maximum atomic E-state index is 10.7. The van der Waals surface area contributed by atoms with Crippen LogP contribution in [-0.2, 0) is 0 Å². The van der Waals surface area contributed by atoms with Gasteiger partial charge in [0.05, 0.1) is 17.3 Å². The highest BCUT2D eigenvalue weighted by Crippen LogP contribution is 2.26. The zero-order valence-electron chi connectivity index (χ0n) is 17.5. The largest absolute Gasteiger partial charge is 0.434 e. The summed E-state index contributed by atoms with van der Waals surface area (Å²) in [6, 6.07) is 17.1. The fraction of sp³-hybridized carbons (Fsp3) is 0. The molecule has 166 valence electrons. The lowest BCUT2D eigenvalue weighted by molar-refractivity contribution is -0.384. The van der Waals surface area contributed by atoms with Crippen molar-refractivity contribution in [2.45, 2.75) is 0 Å². The molecule has 0 fully saturated rings. The van der Waals surface area contributed by atoms with Crippen molar-refractivity contribution < 1.29 is 13.8 Å². The maximum Gasteiger partial charge on any atom is 0.270 e. The molecule has 10 heteroatoms. The number of nitrogen functional groups attached to an aromatic ring is 1. The van der Waals surface area contributed by atoms with E-state index in [9.17, 15) is 10.1 Å². The molecule has 0 unspecified atom stereocenters. The van der Waals surface area contributed by atoms with Gasteiger partial charge in [-0.3, -0.25) is 20.1 Å². The first-order chi connectivity index (χ1) is 16.6. The van der Waals surface area contributed by atoms with E-state index in [0.29, 0.717) is 39.7 Å². The Bertz CT molecular complexity index is 1560. The molecule has 0 atom stereocenters. The van der Waals surface area contributed by atoms with Gasteiger partial charge < -0.3 is 14.6 Å². The van der Waals surface area contributed by atoms with Gasteiger partial charge in [-0.1, -0.05) is 12.1 Å². The molecule has 0 aliphatic carbocycles. The Morgan fingerprint density at radius 2 is 1.32 bits per heavy atom. The van der Waals surface area contributed by atoms with Gasteiger partial charge in [-0.15, -0.1) is 0 Å². The number of nitrogens with two attached hydrogens (primary N) is 1. The zero-order chi connectivity index (χ0) is 23.5. The number of non-ortho nitro benzene ring substituents is 1. The highest BCUT2D eigenvalue weighted by molar-refractivity contribution is 5.76. The van der Waals surface area contributed by atoms with E-state index in [2.05, 4.69) is 19.9 Å². The first-order valence-electron chi connectivity index (χ1n) is 10.1. The Hall–Kier alpha value is -5.12. The summed E-state index contributed by atoms with van der Waals surface area (Å²) in [5.41, 5.74) is 10.6. The number of nitro groups is 1. The van der Waals surface area contributed by atoms with Gasteiger partial charge in [0.2, 0.25) is 11.8 Å². The molecule has 0 aliphatic rings. The molecule has 6 rings (SSSR count). The van der Waals surface area contributed by atoms with Gasteiger partial charge in [0.1, 0.15) is 11.0 Å². The van der Waals surface area contributed by atoms with Crippen molar-refractivity contribution in [3.05, 3.63) is 95.6 Å². The average Bonchev–Trinajstić information content (AvgIpc) is 3.49. The molecule has 10 nitrogen and oxygen atoms in total. The van der Waals surface area contributed by atoms with E-state index in [-0.39, 0.29) is 5.69 Å². The maximum absolute atomic E-state index is 10.7. The predicted molar refractivity (Wildman–Crippen MR) is 126 cm³/mol. The van der Waals surface area contributed by atoms with E-state index in [1.807, 2.05) is 30.3 Å². The molecule has 0 saturated carbocycles. The number of anilines is 1. The SMILES string of the molecule is Nc1cccc(-c2nc3ccncc3o2)c1.O=[N+]([O-])c1cccc(-c2nc3ccncc3o2)c1. The van der Waals surface area contributed by atoms with Crippen molar-refractivity contribution in [3.8, 4) is 22.9 Å². The molecular weight excluding hydrogens is 436 g/mol. The van der Waals surface area contributed by atoms with Crippen molar-refractivity contribution in [2.75, 3.05) is 5.73 Å². The third kappa shape index (κ3) is 4.28. The van der Waals surface area contributed by atoms with Crippen molar-refractivity contribution in [3.63, 3.8) is 0 Å². The van der Waals surface area contributed by atoms with Crippen molar-refractivity contribution in [1.82, 2.24) is 19.9 Å². The molecule has 2 N–H and O–H groups in total. The number of fused-ring (bicyclic) bond motifs is 2. The number of nitrogens with zero attached hydrogens (tertiary/aromatic N) is 5. The number of nitro benzene ring substituents is 1. The van der Waals surface area contributed by atoms with Crippen LogP contribution in [-0.4, -0.2) is 24.9 Å². The molecule has 0 spiro atoms. The quantitative estimate of drug-likeness (QED) is 0.215. The third-order valence-corrected chi connectivity index (χ3v) is 4.82. The fourth-order valence-corrected chi connectivity index (χ4v) is 3.23. The van der Waals surface area contributed by atoms with Crippen molar-refractivity contribution in [1.29, 1.82) is 0 Å². The van der Waals surface area contributed by atoms with Gasteiger partial charge in [-0.05, 0) is 36.4 Å². The number of benzene rings is 2. The molecule has 0 bridgehead atoms. The second-order valence-corrected chi connectivity index (χ2v) is 7.16. The molecular formula is C24H16N6O4. The minimum Gasteiger partial charge on any atom is -0.434 e. The van der Waals surface area contributed by atoms with Crippen LogP contribution >= 0.6 is 0 Å². The van der Waals surface area contributed by atoms with Gasteiger partial charge in [0.25, 0.3) is 5.69 Å². The average molecular weight is 452 g/mol. The number of rotatable bonds is 3. The minimum atomic E-state index is -0.451. The van der Waals surface area contributed by atoms with Gasteiger partial charge >= 0.3 is 0 Å². The van der Waals surface area contributed by atoms with Crippen LogP contribution in [0.1, 0.15) is 0 Å². The highest BCUT2D eigenvalue weighted by atomic mass is 16.6. The van der Waals surface area contributed by atoms with Crippen LogP contribution in [0, 0.1) is 10.1 Å². The normalized spacial score (nSPS) is 10.7. The lowest BCUT2D eigenvalue weighted by Gasteiger charge is -1.95. The number of hydrogen-bond acceptors (Lipinski definition) is 9. The van der Waals surface area contributed by atoms with Crippen LogP contribution in [0.25, 0.3) is 45.1 Å². The summed E-state index contributed by atoms with van der Waals surface area (Å²) in [5, 5.41) is 10.7. The summed E-state index contributed by atoms with van der Waals surface area (Å²) >= 11 is 0. The van der Waals surface area contributed by atoms with Gasteiger partial charge in [-0.25, -0.2) is 9.97 Å². The molecule has 0 amide bonds. The third-order valence-electron chi connectivity index (χ3n) is 4.82. The summed E-state index contributed by atoms with van der Waals surface area (Å²) < 4.78 is 11.1. The predicted octanol–water partition coefficient (Wildman–Crippen LogP) is 5.27. The van der Waals surface area contributed by atoms with Crippen LogP contribution in [0.4, 0.5) is 11.4 Å². The minimum absolute atomic E-state index is 0.00730. The number of hydrogen-bond donors (Lipinski definition) is 1. The molecule has 6 aromatic rings. The van der Waals surface area contributed by atoms with Crippen LogP contribution in [0.2, 0.25) is 0 Å². The molecule has 0 aliphatic heterocycles. The Labute approximate surface area is 191 Å². The lowest BCUT2D eigenvalue weighted by atomic mass is 10.2. The Balaban J connectivity index is 0.000000142. The van der Waals surface area contributed by atoms with Crippen molar-refractivity contribution >= 4 is 33.6 Å². The molecule has 0 saturated heterocycles. The van der Waals surface area contributed by atoms with Gasteiger partial charge in [0, 0.05) is 41.3 Å². The first kappa shape index (κ1) is 20.8. The van der Waals surface area contributed by atoms with Gasteiger partial charge in [-0.2, -0.15) is 0 Å². The molecule has 4 aromatic heterocycles. The van der Waals surface area contributed by atoms with E-state index >= 15 is 0 Å². The number of oxazole rings is 2. The van der Waals surface area contributed by atoms with Crippen LogP contribution in [0.5, 0.6) is 0 Å². The Kier molecular flexibility index (Phi) is 5.37. The molecule has 2 aromatic carbocycles. The van der Waals surface area contributed by atoms with E-state index in [4.69, 9.17) is 14.6 Å². The van der Waals surface area contributed by atoms with Crippen molar-refractivity contribution in [2.24, 2.45) is 0 Å². The fourth-order valence-electron chi connectivity index (χ4n) is 3.23. The number of pyridine rings is 2. The lowest BCUT2D eigenvalue weighted by Crippen LogP contribution is -1.87. The second-order valence-electron chi connectivity index (χ2n) is 7.16. The summed E-state index contributed by atoms with van der Waals surface area (Å²) in [5.74, 6) is 0.914. The van der Waals surface area contributed by atoms with Crippen LogP contribution in [0.3, 0.4) is 0 Å². The van der Waals surface area contributed by atoms with E-state index in [1.54, 1.807) is 43.0 Å². The van der Waals surface area contributed by atoms with Gasteiger partial charge in [0.15, 0.2) is 11.2 Å². The summed E-state index contributed by atoms with van der Waals surface area (Å²) in [4.78, 5) is 26.8. The monoisotopic (exact) mass is 452 g/mol. The molecule has 0 radical (unpaired) electrons. The Morgan fingerprint density at radius 1 is 0.765 bits per heavy atom. The smallest absolute Gasteiger partial charge is 0.270 e. The highest BCUT2D eigenvalue weighted by Gasteiger charge is 2.12. The summed E-state index contributed by atoms with van der Waals surface area (Å²) in [6.07, 6.45) is 6.51. The topological polar surface area (TPSA) is 147 Å². The summed E-state index contributed by atoms with van der Waals surface area (Å²) in [6.45, 7) is 0. The summed E-state index contributed by atoms with van der Waals surface area (Å²) in [7, 11) is 0.